The fraction of sp³-hybridized carbons (Fsp3) is 0.625. The fourth-order valence-electron chi connectivity index (χ4n) is 1.60. The molecule has 9 heteroatoms. The van der Waals surface area contributed by atoms with E-state index in [0.717, 1.165) is 6.20 Å². The van der Waals surface area contributed by atoms with Crippen LogP contribution in [0.5, 0.6) is 0 Å². The van der Waals surface area contributed by atoms with Crippen LogP contribution in [0.1, 0.15) is 6.23 Å². The van der Waals surface area contributed by atoms with E-state index in [2.05, 4.69) is 5.10 Å². The molecule has 0 radical (unpaired) electrons. The van der Waals surface area contributed by atoms with Gasteiger partial charge in [0.1, 0.15) is 18.4 Å². The molecule has 94 valence electrons. The number of hydrogen-bond acceptors (Lipinski definition) is 6. The van der Waals surface area contributed by atoms with Crippen LogP contribution < -0.4 is 11.2 Å². The van der Waals surface area contributed by atoms with Crippen LogP contribution in [-0.2, 0) is 4.74 Å². The third kappa shape index (κ3) is 1.99. The van der Waals surface area contributed by atoms with Crippen LogP contribution in [0.25, 0.3) is 0 Å². The summed E-state index contributed by atoms with van der Waals surface area (Å²) in [6.07, 6.45) is -5.27. The number of aliphatic hydroxyl groups excluding tert-OH is 2. The minimum absolute atomic E-state index is 0.574. The van der Waals surface area contributed by atoms with E-state index in [1.54, 1.807) is 0 Å². The third-order valence-corrected chi connectivity index (χ3v) is 2.45. The number of aliphatic hydroxyl groups is 2. The second kappa shape index (κ2) is 4.35. The summed E-state index contributed by atoms with van der Waals surface area (Å²) < 4.78 is 19.1. The zero-order chi connectivity index (χ0) is 12.6. The van der Waals surface area contributed by atoms with Crippen molar-refractivity contribution in [2.45, 2.75) is 24.6 Å². The maximum Gasteiger partial charge on any atom is 0.347 e. The second-order valence-corrected chi connectivity index (χ2v) is 3.57. The summed E-state index contributed by atoms with van der Waals surface area (Å²) in [7, 11) is 0. The zero-order valence-corrected chi connectivity index (χ0v) is 8.49. The van der Waals surface area contributed by atoms with Gasteiger partial charge in [-0.2, -0.15) is 9.78 Å². The van der Waals surface area contributed by atoms with Crippen molar-refractivity contribution in [3.8, 4) is 0 Å². The number of aromatic amines is 1. The Bertz CT molecular complexity index is 514. The highest BCUT2D eigenvalue weighted by Gasteiger charge is 2.45. The molecule has 3 N–H and O–H groups in total. The lowest BCUT2D eigenvalue weighted by Gasteiger charge is -2.13. The molecule has 1 saturated heterocycles. The molecule has 8 nitrogen and oxygen atoms in total. The molecular weight excluding hydrogens is 237 g/mol. The monoisotopic (exact) mass is 247 g/mol. The van der Waals surface area contributed by atoms with E-state index < -0.39 is 42.5 Å². The Balaban J connectivity index is 2.35. The lowest BCUT2D eigenvalue weighted by molar-refractivity contribution is -0.0548. The van der Waals surface area contributed by atoms with E-state index >= 15 is 0 Å². The molecule has 4 atom stereocenters. The molecule has 0 aromatic carbocycles. The Morgan fingerprint density at radius 1 is 1.59 bits per heavy atom. The van der Waals surface area contributed by atoms with Crippen LogP contribution in [0.3, 0.4) is 0 Å². The molecular formula is C8H10FN3O5. The largest absolute Gasteiger partial charge is 0.394 e. The van der Waals surface area contributed by atoms with Gasteiger partial charge in [0.05, 0.1) is 6.61 Å². The van der Waals surface area contributed by atoms with Crippen molar-refractivity contribution in [2.24, 2.45) is 0 Å². The standard InChI is InChI=1S/C8H10FN3O5/c9-5-6(15)3(2-13)17-7(5)12-8(16)11-4(14)1-10-12/h1,3,5-7,13,15H,2H2,(H,11,14,16)/t3-,5-,6?,7-/m1/s1. The molecule has 1 fully saturated rings. The molecule has 0 spiro atoms. The van der Waals surface area contributed by atoms with Gasteiger partial charge in [-0.3, -0.25) is 9.78 Å². The predicted molar refractivity (Wildman–Crippen MR) is 51.0 cm³/mol. The van der Waals surface area contributed by atoms with Crippen molar-refractivity contribution in [3.05, 3.63) is 27.0 Å². The Hall–Kier alpha value is -1.58. The number of alkyl halides is 1. The number of nitrogens with zero attached hydrogens (tertiary/aromatic N) is 2. The molecule has 2 rings (SSSR count). The van der Waals surface area contributed by atoms with E-state index in [1.807, 2.05) is 4.98 Å². The van der Waals surface area contributed by atoms with Gasteiger partial charge in [0.25, 0.3) is 5.56 Å². The van der Waals surface area contributed by atoms with Crippen LogP contribution in [0, 0.1) is 0 Å². The van der Waals surface area contributed by atoms with Crippen molar-refractivity contribution in [1.29, 1.82) is 0 Å². The molecule has 1 unspecified atom stereocenters. The minimum Gasteiger partial charge on any atom is -0.394 e. The first kappa shape index (κ1) is 11.9. The fourth-order valence-corrected chi connectivity index (χ4v) is 1.60. The van der Waals surface area contributed by atoms with Crippen LogP contribution in [0.4, 0.5) is 4.39 Å². The average molecular weight is 247 g/mol. The average Bonchev–Trinajstić information content (AvgIpc) is 2.57. The van der Waals surface area contributed by atoms with Crippen molar-refractivity contribution in [3.63, 3.8) is 0 Å². The van der Waals surface area contributed by atoms with Gasteiger partial charge in [0, 0.05) is 0 Å². The topological polar surface area (TPSA) is 117 Å². The first-order valence-electron chi connectivity index (χ1n) is 4.81. The summed E-state index contributed by atoms with van der Waals surface area (Å²) in [4.78, 5) is 24.0. The molecule has 1 aromatic heterocycles. The first-order chi connectivity index (χ1) is 8.04. The summed E-state index contributed by atoms with van der Waals surface area (Å²) >= 11 is 0. The van der Waals surface area contributed by atoms with Crippen LogP contribution in [0.15, 0.2) is 15.8 Å². The highest BCUT2D eigenvalue weighted by atomic mass is 19.1. The number of hydrogen-bond donors (Lipinski definition) is 3. The summed E-state index contributed by atoms with van der Waals surface area (Å²) in [5.41, 5.74) is -1.67. The number of nitrogens with one attached hydrogen (secondary N) is 1. The SMILES string of the molecule is O=c1cnn([C@@H]2O[C@H](CO)C(O)[C@H]2F)c(=O)[nH]1. The number of aromatic nitrogens is 3. The first-order valence-corrected chi connectivity index (χ1v) is 4.81. The highest BCUT2D eigenvalue weighted by Crippen LogP contribution is 2.29. The lowest BCUT2D eigenvalue weighted by Crippen LogP contribution is -2.37. The summed E-state index contributed by atoms with van der Waals surface area (Å²) in [5, 5.41) is 21.6. The number of H-pyrrole nitrogens is 1. The van der Waals surface area contributed by atoms with Gasteiger partial charge in [-0.25, -0.2) is 9.18 Å². The van der Waals surface area contributed by atoms with Crippen LogP contribution >= 0.6 is 0 Å². The van der Waals surface area contributed by atoms with Gasteiger partial charge < -0.3 is 14.9 Å². The van der Waals surface area contributed by atoms with E-state index in [0.29, 0.717) is 4.68 Å². The van der Waals surface area contributed by atoms with Gasteiger partial charge in [-0.05, 0) is 0 Å². The minimum atomic E-state index is -1.91. The smallest absolute Gasteiger partial charge is 0.347 e. The molecule has 1 aromatic rings. The van der Waals surface area contributed by atoms with Gasteiger partial charge >= 0.3 is 5.69 Å². The van der Waals surface area contributed by atoms with Gasteiger partial charge in [-0.15, -0.1) is 0 Å². The molecule has 0 bridgehead atoms. The van der Waals surface area contributed by atoms with Gasteiger partial charge in [0.2, 0.25) is 0 Å². The Morgan fingerprint density at radius 2 is 2.29 bits per heavy atom. The number of rotatable bonds is 2. The van der Waals surface area contributed by atoms with E-state index in [4.69, 9.17) is 9.84 Å². The van der Waals surface area contributed by atoms with Crippen LogP contribution in [-0.4, -0.2) is 50.0 Å². The molecule has 0 aliphatic carbocycles. The van der Waals surface area contributed by atoms with E-state index in [-0.39, 0.29) is 0 Å². The quantitative estimate of drug-likeness (QED) is 0.532. The molecule has 0 amide bonds. The maximum absolute atomic E-state index is 13.6. The second-order valence-electron chi connectivity index (χ2n) is 3.57. The van der Waals surface area contributed by atoms with E-state index in [1.165, 1.54) is 0 Å². The molecule has 2 heterocycles. The molecule has 1 aliphatic rings. The maximum atomic E-state index is 13.6. The van der Waals surface area contributed by atoms with Crippen molar-refractivity contribution in [2.75, 3.05) is 6.61 Å². The Kier molecular flexibility index (Phi) is 3.05. The normalized spacial score (nSPS) is 32.9. The highest BCUT2D eigenvalue weighted by molar-refractivity contribution is 4.89. The van der Waals surface area contributed by atoms with Crippen molar-refractivity contribution in [1.82, 2.24) is 14.8 Å². The van der Waals surface area contributed by atoms with Gasteiger partial charge in [-0.1, -0.05) is 0 Å². The number of ether oxygens (including phenoxy) is 1. The summed E-state index contributed by atoms with van der Waals surface area (Å²) in [6, 6.07) is 0. The number of halogens is 1. The lowest BCUT2D eigenvalue weighted by atomic mass is 10.1. The van der Waals surface area contributed by atoms with E-state index in [9.17, 15) is 19.1 Å². The van der Waals surface area contributed by atoms with Crippen LogP contribution in [0.2, 0.25) is 0 Å². The molecule has 0 saturated carbocycles. The predicted octanol–water partition coefficient (Wildman–Crippen LogP) is -2.48. The Labute approximate surface area is 93.3 Å². The molecule has 17 heavy (non-hydrogen) atoms. The third-order valence-electron chi connectivity index (χ3n) is 2.45. The van der Waals surface area contributed by atoms with Crippen molar-refractivity contribution < 1.29 is 19.3 Å². The zero-order valence-electron chi connectivity index (χ0n) is 8.49. The summed E-state index contributed by atoms with van der Waals surface area (Å²) in [5.74, 6) is 0. The van der Waals surface area contributed by atoms with Gasteiger partial charge in [0.15, 0.2) is 12.4 Å². The summed E-state index contributed by atoms with van der Waals surface area (Å²) in [6.45, 7) is -0.587. The molecule has 1 aliphatic heterocycles. The van der Waals surface area contributed by atoms with Crippen molar-refractivity contribution >= 4 is 0 Å². The Morgan fingerprint density at radius 3 is 2.82 bits per heavy atom.